The van der Waals surface area contributed by atoms with Gasteiger partial charge in [0.05, 0.1) is 0 Å². The van der Waals surface area contributed by atoms with Crippen LogP contribution in [0.1, 0.15) is 25.7 Å². The molecule has 1 aliphatic carbocycles. The Morgan fingerprint density at radius 2 is 1.88 bits per heavy atom. The molecule has 0 heterocycles. The normalized spacial score (nSPS) is 39.8. The van der Waals surface area contributed by atoms with Gasteiger partial charge in [-0.3, -0.25) is 0 Å². The molecule has 1 saturated carbocycles. The van der Waals surface area contributed by atoms with Gasteiger partial charge in [-0.05, 0) is 12.8 Å². The van der Waals surface area contributed by atoms with E-state index in [1.807, 2.05) is 0 Å². The number of halogens is 1. The van der Waals surface area contributed by atoms with E-state index in [1.165, 1.54) is 25.7 Å². The first kappa shape index (κ1) is 6.81. The topological polar surface area (TPSA) is 26.0 Å². The Kier molecular flexibility index (Phi) is 2.56. The summed E-state index contributed by atoms with van der Waals surface area (Å²) in [6.45, 7) is 0. The molecule has 48 valence electrons. The molecule has 1 nitrogen and oxygen atoms in total. The second-order valence-corrected chi connectivity index (χ2v) is 4.06. The minimum atomic E-state index is 0.490. The van der Waals surface area contributed by atoms with Crippen molar-refractivity contribution in [1.29, 1.82) is 0 Å². The molecule has 1 aliphatic rings. The van der Waals surface area contributed by atoms with E-state index < -0.39 is 0 Å². The molecule has 1 unspecified atom stereocenters. The fourth-order valence-electron chi connectivity index (χ4n) is 1.11. The van der Waals surface area contributed by atoms with E-state index in [-0.39, 0.29) is 0 Å². The largest absolute Gasteiger partial charge is 0.327 e. The minimum absolute atomic E-state index is 0.490. The van der Waals surface area contributed by atoms with Gasteiger partial charge in [-0.1, -0.05) is 35.4 Å². The number of hydrogen-bond donors (Lipinski definition) is 1. The Morgan fingerprint density at radius 1 is 1.25 bits per heavy atom. The van der Waals surface area contributed by atoms with Crippen LogP contribution in [-0.2, 0) is 0 Å². The summed E-state index contributed by atoms with van der Waals surface area (Å²) in [5.74, 6) is 0. The van der Waals surface area contributed by atoms with E-state index in [9.17, 15) is 0 Å². The van der Waals surface area contributed by atoms with Crippen molar-refractivity contribution >= 4 is 22.6 Å². The van der Waals surface area contributed by atoms with Crippen molar-refractivity contribution in [3.8, 4) is 0 Å². The van der Waals surface area contributed by atoms with E-state index in [4.69, 9.17) is 5.73 Å². The smallest absolute Gasteiger partial charge is 0.0261 e. The standard InChI is InChI=1S/C6H12IN/c7-5-3-1-2-4-6(5)8/h5-6H,1-4,8H2/t5-,6?/m1/s1. The van der Waals surface area contributed by atoms with Crippen LogP contribution in [-0.4, -0.2) is 9.97 Å². The summed E-state index contributed by atoms with van der Waals surface area (Å²) in [5, 5.41) is 0. The Bertz CT molecular complexity index is 64.9. The molecule has 0 aliphatic heterocycles. The van der Waals surface area contributed by atoms with Crippen LogP contribution in [0.4, 0.5) is 0 Å². The maximum Gasteiger partial charge on any atom is 0.0261 e. The van der Waals surface area contributed by atoms with Crippen molar-refractivity contribution in [2.75, 3.05) is 0 Å². The average Bonchev–Trinajstić information content (AvgIpc) is 1.77. The maximum atomic E-state index is 5.77. The molecule has 2 heteroatoms. The molecule has 2 atom stereocenters. The highest BCUT2D eigenvalue weighted by Gasteiger charge is 2.17. The van der Waals surface area contributed by atoms with Crippen LogP contribution < -0.4 is 5.73 Å². The summed E-state index contributed by atoms with van der Waals surface area (Å²) in [4.78, 5) is 0. The van der Waals surface area contributed by atoms with E-state index in [0.29, 0.717) is 6.04 Å². The van der Waals surface area contributed by atoms with Gasteiger partial charge in [0, 0.05) is 9.97 Å². The van der Waals surface area contributed by atoms with Crippen LogP contribution in [0.2, 0.25) is 0 Å². The van der Waals surface area contributed by atoms with Gasteiger partial charge in [0.15, 0.2) is 0 Å². The zero-order valence-electron chi connectivity index (χ0n) is 4.94. The fourth-order valence-corrected chi connectivity index (χ4v) is 1.91. The first-order valence-electron chi connectivity index (χ1n) is 3.20. The third-order valence-electron chi connectivity index (χ3n) is 1.73. The molecule has 0 aromatic rings. The molecule has 1 rings (SSSR count). The van der Waals surface area contributed by atoms with E-state index in [1.54, 1.807) is 0 Å². The molecule has 0 saturated heterocycles. The van der Waals surface area contributed by atoms with Gasteiger partial charge in [-0.25, -0.2) is 0 Å². The Labute approximate surface area is 64.2 Å². The lowest BCUT2D eigenvalue weighted by Gasteiger charge is -2.22. The second kappa shape index (κ2) is 3.01. The molecule has 0 amide bonds. The summed E-state index contributed by atoms with van der Waals surface area (Å²) in [6.07, 6.45) is 5.32. The van der Waals surface area contributed by atoms with E-state index in [0.717, 1.165) is 3.92 Å². The zero-order valence-corrected chi connectivity index (χ0v) is 7.10. The second-order valence-electron chi connectivity index (χ2n) is 2.46. The van der Waals surface area contributed by atoms with Gasteiger partial charge in [-0.2, -0.15) is 0 Å². The lowest BCUT2D eigenvalue weighted by Crippen LogP contribution is -2.33. The van der Waals surface area contributed by atoms with Crippen molar-refractivity contribution < 1.29 is 0 Å². The SMILES string of the molecule is NC1CCCC[C@H]1I. The van der Waals surface area contributed by atoms with E-state index in [2.05, 4.69) is 22.6 Å². The molecule has 2 N–H and O–H groups in total. The van der Waals surface area contributed by atoms with Gasteiger partial charge < -0.3 is 5.73 Å². The van der Waals surface area contributed by atoms with Gasteiger partial charge in [0.2, 0.25) is 0 Å². The number of hydrogen-bond acceptors (Lipinski definition) is 1. The summed E-state index contributed by atoms with van der Waals surface area (Å²) >= 11 is 2.46. The molecule has 1 fully saturated rings. The van der Waals surface area contributed by atoms with Crippen LogP contribution >= 0.6 is 22.6 Å². The first-order valence-corrected chi connectivity index (χ1v) is 4.45. The Balaban J connectivity index is 2.28. The molecule has 0 radical (unpaired) electrons. The van der Waals surface area contributed by atoms with Gasteiger partial charge in [0.1, 0.15) is 0 Å². The molecular formula is C6H12IN. The first-order chi connectivity index (χ1) is 3.80. The molecule has 0 aromatic heterocycles. The van der Waals surface area contributed by atoms with Crippen molar-refractivity contribution in [3.05, 3.63) is 0 Å². The van der Waals surface area contributed by atoms with Gasteiger partial charge in [0.25, 0.3) is 0 Å². The summed E-state index contributed by atoms with van der Waals surface area (Å²) in [5.41, 5.74) is 5.77. The van der Waals surface area contributed by atoms with Crippen LogP contribution in [0.5, 0.6) is 0 Å². The molecular weight excluding hydrogens is 213 g/mol. The predicted octanol–water partition coefficient (Wildman–Crippen LogP) is 1.69. The number of alkyl halides is 1. The van der Waals surface area contributed by atoms with Gasteiger partial charge in [-0.15, -0.1) is 0 Å². The summed E-state index contributed by atoms with van der Waals surface area (Å²) < 4.78 is 0.751. The van der Waals surface area contributed by atoms with Crippen LogP contribution in [0.15, 0.2) is 0 Å². The minimum Gasteiger partial charge on any atom is -0.327 e. The zero-order chi connectivity index (χ0) is 5.98. The van der Waals surface area contributed by atoms with Crippen LogP contribution in [0, 0.1) is 0 Å². The number of rotatable bonds is 0. The van der Waals surface area contributed by atoms with Crippen LogP contribution in [0.3, 0.4) is 0 Å². The van der Waals surface area contributed by atoms with Gasteiger partial charge >= 0.3 is 0 Å². The van der Waals surface area contributed by atoms with E-state index >= 15 is 0 Å². The lowest BCUT2D eigenvalue weighted by molar-refractivity contribution is 0.465. The fraction of sp³-hybridized carbons (Fsp3) is 1.00. The average molecular weight is 225 g/mol. The molecule has 0 bridgehead atoms. The maximum absolute atomic E-state index is 5.77. The monoisotopic (exact) mass is 225 g/mol. The quantitative estimate of drug-likeness (QED) is 0.492. The van der Waals surface area contributed by atoms with Crippen molar-refractivity contribution in [3.63, 3.8) is 0 Å². The molecule has 8 heavy (non-hydrogen) atoms. The molecule has 0 spiro atoms. The highest BCUT2D eigenvalue weighted by Crippen LogP contribution is 2.22. The third-order valence-corrected chi connectivity index (χ3v) is 3.28. The van der Waals surface area contributed by atoms with Crippen molar-refractivity contribution in [2.24, 2.45) is 5.73 Å². The lowest BCUT2D eigenvalue weighted by atomic mass is 9.96. The Hall–Kier alpha value is 0.690. The third kappa shape index (κ3) is 1.58. The van der Waals surface area contributed by atoms with Crippen molar-refractivity contribution in [2.45, 2.75) is 35.6 Å². The molecule has 0 aromatic carbocycles. The number of nitrogens with two attached hydrogens (primary N) is 1. The summed E-state index contributed by atoms with van der Waals surface area (Å²) in [6, 6.07) is 0.490. The predicted molar refractivity (Wildman–Crippen MR) is 44.3 cm³/mol. The highest BCUT2D eigenvalue weighted by molar-refractivity contribution is 14.1. The highest BCUT2D eigenvalue weighted by atomic mass is 127. The van der Waals surface area contributed by atoms with Crippen molar-refractivity contribution in [1.82, 2.24) is 0 Å². The Morgan fingerprint density at radius 3 is 2.25 bits per heavy atom. The summed E-state index contributed by atoms with van der Waals surface area (Å²) in [7, 11) is 0. The van der Waals surface area contributed by atoms with Crippen LogP contribution in [0.25, 0.3) is 0 Å².